The van der Waals surface area contributed by atoms with Crippen LogP contribution in [-0.2, 0) is 6.42 Å². The number of hydrogen-bond acceptors (Lipinski definition) is 3. The molecule has 1 aliphatic heterocycles. The van der Waals surface area contributed by atoms with Crippen LogP contribution in [0, 0.1) is 0 Å². The summed E-state index contributed by atoms with van der Waals surface area (Å²) in [6.07, 6.45) is 2.45. The highest BCUT2D eigenvalue weighted by atomic mass is 32.1. The number of likely N-dealkylation sites (N-methyl/N-ethyl adjacent to an activating group) is 1. The van der Waals surface area contributed by atoms with Gasteiger partial charge in [-0.2, -0.15) is 0 Å². The molecule has 1 unspecified atom stereocenters. The summed E-state index contributed by atoms with van der Waals surface area (Å²) in [6, 6.07) is 4.39. The molecule has 1 N–H and O–H groups in total. The lowest BCUT2D eigenvalue weighted by molar-refractivity contribution is 0.174. The quantitative estimate of drug-likeness (QED) is 0.815. The lowest BCUT2D eigenvalue weighted by Gasteiger charge is -2.35. The van der Waals surface area contributed by atoms with E-state index in [1.54, 1.807) is 0 Å². The number of hydrogen-bond donors (Lipinski definition) is 1. The molecule has 0 amide bonds. The molecule has 1 aromatic rings. The lowest BCUT2D eigenvalue weighted by atomic mass is 9.92. The first-order valence-electron chi connectivity index (χ1n) is 5.13. The van der Waals surface area contributed by atoms with E-state index in [1.807, 2.05) is 11.3 Å². The van der Waals surface area contributed by atoms with Crippen LogP contribution in [-0.4, -0.2) is 37.6 Å². The molecule has 78 valence electrons. The number of thiophene rings is 1. The maximum atomic E-state index is 3.47. The zero-order valence-corrected chi connectivity index (χ0v) is 9.73. The van der Waals surface area contributed by atoms with E-state index in [0.717, 1.165) is 13.1 Å². The van der Waals surface area contributed by atoms with Crippen molar-refractivity contribution < 1.29 is 0 Å². The maximum Gasteiger partial charge on any atom is 0.0387 e. The van der Waals surface area contributed by atoms with Crippen LogP contribution < -0.4 is 5.32 Å². The first kappa shape index (κ1) is 10.1. The smallest absolute Gasteiger partial charge is 0.0387 e. The fraction of sp³-hybridized carbons (Fsp3) is 0.636. The van der Waals surface area contributed by atoms with E-state index in [9.17, 15) is 0 Å². The van der Waals surface area contributed by atoms with E-state index < -0.39 is 0 Å². The van der Waals surface area contributed by atoms with E-state index in [-0.39, 0.29) is 0 Å². The van der Waals surface area contributed by atoms with Crippen molar-refractivity contribution in [3.05, 3.63) is 22.4 Å². The molecular weight excluding hydrogens is 192 g/mol. The summed E-state index contributed by atoms with van der Waals surface area (Å²) in [5.74, 6) is 0. The molecule has 1 atom stereocenters. The summed E-state index contributed by atoms with van der Waals surface area (Å²) in [5, 5.41) is 5.64. The molecule has 1 aromatic heterocycles. The van der Waals surface area contributed by atoms with E-state index in [1.165, 1.54) is 17.7 Å². The Morgan fingerprint density at radius 3 is 2.93 bits per heavy atom. The molecule has 0 aromatic carbocycles. The molecule has 1 saturated heterocycles. The Kier molecular flexibility index (Phi) is 2.91. The first-order chi connectivity index (χ1) is 6.73. The van der Waals surface area contributed by atoms with Gasteiger partial charge >= 0.3 is 0 Å². The third-order valence-electron chi connectivity index (χ3n) is 3.25. The van der Waals surface area contributed by atoms with Gasteiger partial charge in [0.15, 0.2) is 0 Å². The highest BCUT2D eigenvalue weighted by molar-refractivity contribution is 7.09. The normalized spacial score (nSPS) is 27.4. The topological polar surface area (TPSA) is 15.3 Å². The average molecular weight is 210 g/mol. The van der Waals surface area contributed by atoms with Gasteiger partial charge in [-0.05, 0) is 38.5 Å². The van der Waals surface area contributed by atoms with Crippen LogP contribution in [0.15, 0.2) is 17.5 Å². The van der Waals surface area contributed by atoms with Gasteiger partial charge in [-0.25, -0.2) is 0 Å². The Morgan fingerprint density at radius 1 is 1.57 bits per heavy atom. The molecule has 2 nitrogen and oxygen atoms in total. The van der Waals surface area contributed by atoms with E-state index in [2.05, 4.69) is 41.8 Å². The van der Waals surface area contributed by atoms with Crippen molar-refractivity contribution in [3.63, 3.8) is 0 Å². The summed E-state index contributed by atoms with van der Waals surface area (Å²) in [6.45, 7) is 2.28. The second-order valence-corrected chi connectivity index (χ2v) is 5.33. The van der Waals surface area contributed by atoms with Crippen molar-refractivity contribution in [1.29, 1.82) is 0 Å². The van der Waals surface area contributed by atoms with Crippen molar-refractivity contribution in [2.24, 2.45) is 0 Å². The summed E-state index contributed by atoms with van der Waals surface area (Å²) >= 11 is 1.87. The third-order valence-corrected chi connectivity index (χ3v) is 4.13. The molecule has 3 heteroatoms. The maximum absolute atomic E-state index is 3.47. The molecule has 0 spiro atoms. The molecule has 14 heavy (non-hydrogen) atoms. The molecule has 2 heterocycles. The van der Waals surface area contributed by atoms with Crippen molar-refractivity contribution in [2.45, 2.75) is 18.4 Å². The minimum Gasteiger partial charge on any atom is -0.315 e. The third kappa shape index (κ3) is 1.85. The fourth-order valence-electron chi connectivity index (χ4n) is 2.16. The molecule has 1 aliphatic rings. The van der Waals surface area contributed by atoms with Gasteiger partial charge < -0.3 is 10.2 Å². The predicted molar refractivity (Wildman–Crippen MR) is 61.9 cm³/mol. The molecule has 2 rings (SSSR count). The van der Waals surface area contributed by atoms with Crippen LogP contribution in [0.5, 0.6) is 0 Å². The monoisotopic (exact) mass is 210 g/mol. The largest absolute Gasteiger partial charge is 0.315 e. The van der Waals surface area contributed by atoms with Crippen LogP contribution in [0.25, 0.3) is 0 Å². The van der Waals surface area contributed by atoms with E-state index in [4.69, 9.17) is 0 Å². The number of nitrogens with one attached hydrogen (secondary N) is 1. The van der Waals surface area contributed by atoms with Gasteiger partial charge in [0.05, 0.1) is 0 Å². The molecule has 0 aliphatic carbocycles. The summed E-state index contributed by atoms with van der Waals surface area (Å²) in [7, 11) is 4.39. The van der Waals surface area contributed by atoms with Gasteiger partial charge in [0.1, 0.15) is 0 Å². The fourth-order valence-corrected chi connectivity index (χ4v) is 3.00. The van der Waals surface area contributed by atoms with E-state index >= 15 is 0 Å². The van der Waals surface area contributed by atoms with Gasteiger partial charge in [-0.15, -0.1) is 11.3 Å². The second-order valence-electron chi connectivity index (χ2n) is 4.30. The highest BCUT2D eigenvalue weighted by Crippen LogP contribution is 2.27. The summed E-state index contributed by atoms with van der Waals surface area (Å²) in [5.41, 5.74) is 0.352. The molecule has 0 radical (unpaired) electrons. The Morgan fingerprint density at radius 2 is 2.43 bits per heavy atom. The molecular formula is C11H18N2S. The Bertz CT molecular complexity index is 273. The lowest BCUT2D eigenvalue weighted by Crippen LogP contribution is -2.47. The van der Waals surface area contributed by atoms with E-state index in [0.29, 0.717) is 5.54 Å². The van der Waals surface area contributed by atoms with Crippen LogP contribution in [0.2, 0.25) is 0 Å². The van der Waals surface area contributed by atoms with Crippen molar-refractivity contribution in [3.8, 4) is 0 Å². The van der Waals surface area contributed by atoms with Crippen LogP contribution in [0.3, 0.4) is 0 Å². The first-order valence-corrected chi connectivity index (χ1v) is 6.01. The summed E-state index contributed by atoms with van der Waals surface area (Å²) in [4.78, 5) is 3.88. The molecule has 0 bridgehead atoms. The number of nitrogens with zero attached hydrogens (tertiary/aromatic N) is 1. The number of rotatable bonds is 3. The highest BCUT2D eigenvalue weighted by Gasteiger charge is 2.36. The Balaban J connectivity index is 2.12. The summed E-state index contributed by atoms with van der Waals surface area (Å²) < 4.78 is 0. The minimum absolute atomic E-state index is 0.352. The average Bonchev–Trinajstić information content (AvgIpc) is 2.76. The van der Waals surface area contributed by atoms with Crippen LogP contribution in [0.4, 0.5) is 0 Å². The van der Waals surface area contributed by atoms with Gasteiger partial charge in [0.2, 0.25) is 0 Å². The predicted octanol–water partition coefficient (Wildman–Crippen LogP) is 1.58. The van der Waals surface area contributed by atoms with Gasteiger partial charge in [-0.1, -0.05) is 6.07 Å². The second kappa shape index (κ2) is 4.01. The molecule has 1 fully saturated rings. The zero-order valence-electron chi connectivity index (χ0n) is 8.92. The van der Waals surface area contributed by atoms with Gasteiger partial charge in [0.25, 0.3) is 0 Å². The van der Waals surface area contributed by atoms with Gasteiger partial charge in [-0.3, -0.25) is 0 Å². The van der Waals surface area contributed by atoms with Crippen LogP contribution in [0.1, 0.15) is 11.3 Å². The standard InChI is InChI=1S/C11H18N2S/c1-13(2)11(5-6-12-9-11)8-10-4-3-7-14-10/h3-4,7,12H,5-6,8-9H2,1-2H3. The van der Waals surface area contributed by atoms with Crippen molar-refractivity contribution >= 4 is 11.3 Å². The minimum atomic E-state index is 0.352. The molecule has 0 saturated carbocycles. The van der Waals surface area contributed by atoms with Gasteiger partial charge in [0, 0.05) is 23.4 Å². The zero-order chi connectivity index (χ0) is 10.0. The van der Waals surface area contributed by atoms with Crippen LogP contribution >= 0.6 is 11.3 Å². The Labute approximate surface area is 89.9 Å². The van der Waals surface area contributed by atoms with Crippen molar-refractivity contribution in [1.82, 2.24) is 10.2 Å². The SMILES string of the molecule is CN(C)C1(Cc2cccs2)CCNC1. The Hall–Kier alpha value is -0.380. The van der Waals surface area contributed by atoms with Crippen molar-refractivity contribution in [2.75, 3.05) is 27.2 Å².